The van der Waals surface area contributed by atoms with Crippen molar-refractivity contribution in [3.8, 4) is 0 Å². The minimum absolute atomic E-state index is 0. The number of likely N-dealkylation sites (tertiary alicyclic amines) is 1. The average Bonchev–Trinajstić information content (AvgIpc) is 3.45. The Hall–Kier alpha value is -1.10. The molecule has 0 radical (unpaired) electrons. The molecule has 3 rings (SSSR count). The number of nitrogens with zero attached hydrogens (tertiary/aromatic N) is 1. The molecule has 4 nitrogen and oxygen atoms in total. The van der Waals surface area contributed by atoms with Gasteiger partial charge in [0.25, 0.3) is 0 Å². The van der Waals surface area contributed by atoms with Gasteiger partial charge in [-0.25, -0.2) is 0 Å². The molecule has 2 aliphatic rings. The third kappa shape index (κ3) is 6.26. The van der Waals surface area contributed by atoms with E-state index in [4.69, 9.17) is 0 Å². The lowest BCUT2D eigenvalue weighted by atomic mass is 9.93. The van der Waals surface area contributed by atoms with Gasteiger partial charge in [-0.05, 0) is 83.1 Å². The van der Waals surface area contributed by atoms with E-state index < -0.39 is 0 Å². The van der Waals surface area contributed by atoms with Gasteiger partial charge in [0.15, 0.2) is 0 Å². The molecular weight excluding hydrogens is 346 g/mol. The highest BCUT2D eigenvalue weighted by atomic mass is 35.5. The van der Waals surface area contributed by atoms with E-state index in [1.165, 1.54) is 43.2 Å². The Morgan fingerprint density at radius 2 is 1.81 bits per heavy atom. The molecule has 2 fully saturated rings. The van der Waals surface area contributed by atoms with E-state index in [0.717, 1.165) is 25.6 Å². The minimum atomic E-state index is 0. The summed E-state index contributed by atoms with van der Waals surface area (Å²) in [6.07, 6.45) is 6.16. The topological polar surface area (TPSA) is 44.4 Å². The predicted molar refractivity (Wildman–Crippen MR) is 110 cm³/mol. The van der Waals surface area contributed by atoms with Crippen LogP contribution >= 0.6 is 12.4 Å². The molecular formula is C21H34ClN3O. The molecule has 1 aromatic rings. The molecule has 1 saturated heterocycles. The van der Waals surface area contributed by atoms with Gasteiger partial charge in [-0.1, -0.05) is 29.8 Å². The van der Waals surface area contributed by atoms with Crippen molar-refractivity contribution in [1.29, 1.82) is 0 Å². The Kier molecular flexibility index (Phi) is 8.39. The standard InChI is InChI=1S/C21H33N3O.ClH/c1-16-3-5-18(6-4-16)21(19-7-8-19)23-20(25)15-24-13-10-17(11-14-24)9-12-22-2;/h3-6,17,19,21-22H,7-15H2,1-2H3,(H,23,25);1H. The molecule has 1 atom stereocenters. The SMILES string of the molecule is CNCCC1CCN(CC(=O)NC(c2ccc(C)cc2)C2CC2)CC1.Cl. The number of nitrogens with one attached hydrogen (secondary N) is 2. The van der Waals surface area contributed by atoms with Crippen LogP contribution in [0.1, 0.15) is 49.3 Å². The Labute approximate surface area is 164 Å². The largest absolute Gasteiger partial charge is 0.348 e. The van der Waals surface area contributed by atoms with E-state index >= 15 is 0 Å². The second-order valence-corrected chi connectivity index (χ2v) is 7.91. The lowest BCUT2D eigenvalue weighted by molar-refractivity contribution is -0.123. The minimum Gasteiger partial charge on any atom is -0.348 e. The summed E-state index contributed by atoms with van der Waals surface area (Å²) in [6.45, 7) is 5.87. The molecule has 0 spiro atoms. The van der Waals surface area contributed by atoms with Crippen LogP contribution in [0.3, 0.4) is 0 Å². The lowest BCUT2D eigenvalue weighted by Crippen LogP contribution is -2.43. The first kappa shape index (κ1) is 21.2. The summed E-state index contributed by atoms with van der Waals surface area (Å²) in [6, 6.07) is 8.83. The van der Waals surface area contributed by atoms with Crippen LogP contribution in [0.15, 0.2) is 24.3 Å². The highest BCUT2D eigenvalue weighted by molar-refractivity contribution is 5.85. The van der Waals surface area contributed by atoms with Crippen molar-refractivity contribution in [2.75, 3.05) is 33.2 Å². The Bertz CT molecular complexity index is 551. The van der Waals surface area contributed by atoms with E-state index in [-0.39, 0.29) is 24.4 Å². The molecule has 0 bridgehead atoms. The van der Waals surface area contributed by atoms with E-state index in [0.29, 0.717) is 12.5 Å². The van der Waals surface area contributed by atoms with Gasteiger partial charge in [0, 0.05) is 0 Å². The fourth-order valence-corrected chi connectivity index (χ4v) is 3.88. The van der Waals surface area contributed by atoms with Crippen molar-refractivity contribution in [3.63, 3.8) is 0 Å². The first-order valence-electron chi connectivity index (χ1n) is 9.88. The number of carbonyl (C=O) groups is 1. The van der Waals surface area contributed by atoms with Gasteiger partial charge in [-0.15, -0.1) is 12.4 Å². The molecule has 1 heterocycles. The van der Waals surface area contributed by atoms with Crippen LogP contribution in [0.2, 0.25) is 0 Å². The van der Waals surface area contributed by atoms with Gasteiger partial charge in [-0.3, -0.25) is 9.69 Å². The monoisotopic (exact) mass is 379 g/mol. The van der Waals surface area contributed by atoms with Crippen LogP contribution in [0, 0.1) is 18.8 Å². The molecule has 1 aromatic carbocycles. The zero-order valence-corrected chi connectivity index (χ0v) is 17.0. The van der Waals surface area contributed by atoms with Crippen molar-refractivity contribution in [1.82, 2.24) is 15.5 Å². The normalized spacial score (nSPS) is 19.6. The third-order valence-corrected chi connectivity index (χ3v) is 5.72. The maximum Gasteiger partial charge on any atom is 0.234 e. The molecule has 0 aromatic heterocycles. The number of halogens is 1. The van der Waals surface area contributed by atoms with Gasteiger partial charge in [-0.2, -0.15) is 0 Å². The zero-order chi connectivity index (χ0) is 17.6. The van der Waals surface area contributed by atoms with Gasteiger partial charge in [0.2, 0.25) is 5.91 Å². The van der Waals surface area contributed by atoms with E-state index in [2.05, 4.69) is 46.7 Å². The maximum atomic E-state index is 12.6. The van der Waals surface area contributed by atoms with Gasteiger partial charge in [0.1, 0.15) is 0 Å². The number of benzene rings is 1. The number of rotatable bonds is 8. The van der Waals surface area contributed by atoms with E-state index in [1.54, 1.807) is 0 Å². The summed E-state index contributed by atoms with van der Waals surface area (Å²) in [5.74, 6) is 1.63. The second kappa shape index (κ2) is 10.3. The number of carbonyl (C=O) groups excluding carboxylic acids is 1. The summed E-state index contributed by atoms with van der Waals surface area (Å²) in [5, 5.41) is 6.55. The third-order valence-electron chi connectivity index (χ3n) is 5.72. The fourth-order valence-electron chi connectivity index (χ4n) is 3.88. The van der Waals surface area contributed by atoms with E-state index in [9.17, 15) is 4.79 Å². The highest BCUT2D eigenvalue weighted by Crippen LogP contribution is 2.41. The first-order chi connectivity index (χ1) is 12.2. The van der Waals surface area contributed by atoms with Crippen LogP contribution in [0.5, 0.6) is 0 Å². The molecule has 1 amide bonds. The quantitative estimate of drug-likeness (QED) is 0.728. The van der Waals surface area contributed by atoms with Gasteiger partial charge < -0.3 is 10.6 Å². The van der Waals surface area contributed by atoms with Crippen molar-refractivity contribution < 1.29 is 4.79 Å². The van der Waals surface area contributed by atoms with Crippen LogP contribution in [0.4, 0.5) is 0 Å². The molecule has 26 heavy (non-hydrogen) atoms. The number of hydrogen-bond donors (Lipinski definition) is 2. The van der Waals surface area contributed by atoms with Gasteiger partial charge in [0.05, 0.1) is 12.6 Å². The van der Waals surface area contributed by atoms with Crippen LogP contribution in [-0.4, -0.2) is 44.0 Å². The first-order valence-corrected chi connectivity index (χ1v) is 9.88. The Balaban J connectivity index is 0.00000243. The van der Waals surface area contributed by atoms with E-state index in [1.807, 2.05) is 7.05 Å². The summed E-state index contributed by atoms with van der Waals surface area (Å²) >= 11 is 0. The summed E-state index contributed by atoms with van der Waals surface area (Å²) in [5.41, 5.74) is 2.53. The molecule has 1 aliphatic carbocycles. The molecule has 5 heteroatoms. The van der Waals surface area contributed by atoms with Crippen LogP contribution in [-0.2, 0) is 4.79 Å². The van der Waals surface area contributed by atoms with Gasteiger partial charge >= 0.3 is 0 Å². The molecule has 146 valence electrons. The zero-order valence-electron chi connectivity index (χ0n) is 16.2. The number of aryl methyl sites for hydroxylation is 1. The summed E-state index contributed by atoms with van der Waals surface area (Å²) < 4.78 is 0. The van der Waals surface area contributed by atoms with Crippen molar-refractivity contribution in [2.45, 2.75) is 45.1 Å². The number of hydrogen-bond acceptors (Lipinski definition) is 3. The number of piperidine rings is 1. The van der Waals surface area contributed by atoms with Crippen LogP contribution < -0.4 is 10.6 Å². The maximum absolute atomic E-state index is 12.6. The summed E-state index contributed by atoms with van der Waals surface area (Å²) in [4.78, 5) is 14.9. The molecule has 2 N–H and O–H groups in total. The van der Waals surface area contributed by atoms with Crippen molar-refractivity contribution >= 4 is 18.3 Å². The second-order valence-electron chi connectivity index (χ2n) is 7.91. The number of amides is 1. The van der Waals surface area contributed by atoms with Crippen LogP contribution in [0.25, 0.3) is 0 Å². The molecule has 1 unspecified atom stereocenters. The molecule has 1 saturated carbocycles. The Morgan fingerprint density at radius 1 is 1.15 bits per heavy atom. The predicted octanol–water partition coefficient (Wildman–Crippen LogP) is 3.31. The Morgan fingerprint density at radius 3 is 2.38 bits per heavy atom. The fraction of sp³-hybridized carbons (Fsp3) is 0.667. The lowest BCUT2D eigenvalue weighted by Gasteiger charge is -2.32. The average molecular weight is 380 g/mol. The summed E-state index contributed by atoms with van der Waals surface area (Å²) in [7, 11) is 2.02. The molecule has 1 aliphatic heterocycles. The highest BCUT2D eigenvalue weighted by Gasteiger charge is 2.33. The van der Waals surface area contributed by atoms with Crippen molar-refractivity contribution in [2.24, 2.45) is 11.8 Å². The smallest absolute Gasteiger partial charge is 0.234 e. The van der Waals surface area contributed by atoms with Crippen molar-refractivity contribution in [3.05, 3.63) is 35.4 Å².